The molecule has 0 radical (unpaired) electrons. The molecule has 0 bridgehead atoms. The van der Waals surface area contributed by atoms with Crippen LogP contribution in [0.15, 0.2) is 35.7 Å². The predicted molar refractivity (Wildman–Crippen MR) is 131 cm³/mol. The molecular weight excluding hydrogens is 442 g/mol. The largest absolute Gasteiger partial charge is 0.351 e. The molecule has 1 aliphatic carbocycles. The molecule has 7 heteroatoms. The number of nitrogens with one attached hydrogen (secondary N) is 1. The number of carbonyl (C=O) groups is 2. The Labute approximate surface area is 197 Å². The quantitative estimate of drug-likeness (QED) is 0.528. The Hall–Kier alpha value is -2.31. The number of rotatable bonds is 3. The first-order chi connectivity index (χ1) is 15.3. The Morgan fingerprint density at radius 3 is 2.78 bits per heavy atom. The van der Waals surface area contributed by atoms with Gasteiger partial charge in [0, 0.05) is 16.8 Å². The van der Waals surface area contributed by atoms with E-state index in [0.29, 0.717) is 28.9 Å². The van der Waals surface area contributed by atoms with E-state index in [1.54, 1.807) is 22.3 Å². The van der Waals surface area contributed by atoms with E-state index in [2.05, 4.69) is 12.2 Å². The number of nitrogens with zero attached hydrogens (tertiary/aromatic N) is 2. The maximum absolute atomic E-state index is 13.9. The molecule has 0 spiro atoms. The van der Waals surface area contributed by atoms with E-state index < -0.39 is 5.54 Å². The van der Waals surface area contributed by atoms with Gasteiger partial charge in [0.1, 0.15) is 11.2 Å². The molecule has 0 unspecified atom stereocenters. The monoisotopic (exact) mass is 469 g/mol. The van der Waals surface area contributed by atoms with Gasteiger partial charge in [-0.3, -0.25) is 14.5 Å². The standard InChI is InChI=1S/C25H28ClN3O2S/c1-15-6-4-5-7-18(15)27-24(31)25(3)14-28-19-10-11-32-22(19)13-21(28)23(30)29(25)20-12-17(26)9-8-16(20)2/h8-13,15,18H,4-7,14H2,1-3H3,(H,27,31)/t15-,18-,25-/m1/s1. The minimum Gasteiger partial charge on any atom is -0.351 e. The molecule has 1 fully saturated rings. The maximum atomic E-state index is 13.9. The number of fused-ring (bicyclic) bond motifs is 3. The number of benzene rings is 1. The van der Waals surface area contributed by atoms with Crippen molar-refractivity contribution in [2.45, 2.75) is 64.6 Å². The fourth-order valence-corrected chi connectivity index (χ4v) is 6.26. The van der Waals surface area contributed by atoms with Crippen LogP contribution >= 0.6 is 22.9 Å². The van der Waals surface area contributed by atoms with Crippen molar-refractivity contribution >= 4 is 50.7 Å². The van der Waals surface area contributed by atoms with Gasteiger partial charge in [0.05, 0.1) is 16.8 Å². The lowest BCUT2D eigenvalue weighted by Gasteiger charge is -2.45. The fraction of sp³-hybridized carbons (Fsp3) is 0.440. The van der Waals surface area contributed by atoms with Gasteiger partial charge in [-0.05, 0) is 67.8 Å². The smallest absolute Gasteiger partial charge is 0.275 e. The van der Waals surface area contributed by atoms with Crippen LogP contribution in [-0.4, -0.2) is 28.0 Å². The number of amides is 2. The van der Waals surface area contributed by atoms with Crippen LogP contribution in [-0.2, 0) is 11.3 Å². The van der Waals surface area contributed by atoms with Crippen molar-refractivity contribution in [2.75, 3.05) is 4.90 Å². The molecule has 1 saturated carbocycles. The average molecular weight is 470 g/mol. The van der Waals surface area contributed by atoms with Gasteiger partial charge >= 0.3 is 0 Å². The minimum atomic E-state index is -1.08. The van der Waals surface area contributed by atoms with Gasteiger partial charge in [-0.1, -0.05) is 37.4 Å². The summed E-state index contributed by atoms with van der Waals surface area (Å²) in [5.41, 5.74) is 2.14. The summed E-state index contributed by atoms with van der Waals surface area (Å²) in [5, 5.41) is 5.89. The highest BCUT2D eigenvalue weighted by Crippen LogP contribution is 2.39. The summed E-state index contributed by atoms with van der Waals surface area (Å²) in [6, 6.07) is 9.62. The van der Waals surface area contributed by atoms with Crippen LogP contribution in [0.2, 0.25) is 5.02 Å². The summed E-state index contributed by atoms with van der Waals surface area (Å²) in [5.74, 6) is 0.161. The molecule has 0 saturated heterocycles. The number of aryl methyl sites for hydroxylation is 1. The van der Waals surface area contributed by atoms with E-state index in [9.17, 15) is 9.59 Å². The number of thiophene rings is 1. The highest BCUT2D eigenvalue weighted by Gasteiger charge is 2.49. The van der Waals surface area contributed by atoms with Crippen LogP contribution in [0.25, 0.3) is 10.2 Å². The van der Waals surface area contributed by atoms with Crippen molar-refractivity contribution in [1.82, 2.24) is 9.88 Å². The van der Waals surface area contributed by atoms with Crippen molar-refractivity contribution in [3.63, 3.8) is 0 Å². The van der Waals surface area contributed by atoms with Gasteiger partial charge in [-0.2, -0.15) is 0 Å². The van der Waals surface area contributed by atoms with E-state index in [1.165, 1.54) is 6.42 Å². The molecule has 3 aromatic rings. The van der Waals surface area contributed by atoms with Crippen molar-refractivity contribution < 1.29 is 9.59 Å². The van der Waals surface area contributed by atoms with E-state index in [1.807, 2.05) is 48.1 Å². The molecule has 2 aromatic heterocycles. The van der Waals surface area contributed by atoms with Crippen molar-refractivity contribution in [2.24, 2.45) is 5.92 Å². The number of hydrogen-bond acceptors (Lipinski definition) is 3. The van der Waals surface area contributed by atoms with Crippen LogP contribution in [0.5, 0.6) is 0 Å². The normalized spacial score (nSPS) is 25.8. The number of hydrogen-bond donors (Lipinski definition) is 1. The molecule has 3 atom stereocenters. The summed E-state index contributed by atoms with van der Waals surface area (Å²) in [4.78, 5) is 29.5. The first kappa shape index (κ1) is 21.5. The van der Waals surface area contributed by atoms with Gasteiger partial charge in [-0.15, -0.1) is 11.3 Å². The van der Waals surface area contributed by atoms with E-state index in [4.69, 9.17) is 11.6 Å². The van der Waals surface area contributed by atoms with E-state index in [-0.39, 0.29) is 17.9 Å². The Morgan fingerprint density at radius 2 is 2.00 bits per heavy atom. The topological polar surface area (TPSA) is 54.3 Å². The van der Waals surface area contributed by atoms with Gasteiger partial charge in [-0.25, -0.2) is 0 Å². The zero-order valence-electron chi connectivity index (χ0n) is 18.7. The summed E-state index contributed by atoms with van der Waals surface area (Å²) >= 11 is 7.95. The minimum absolute atomic E-state index is 0.105. The summed E-state index contributed by atoms with van der Waals surface area (Å²) in [7, 11) is 0. The van der Waals surface area contributed by atoms with Crippen LogP contribution in [0.1, 0.15) is 55.6 Å². The number of carbonyl (C=O) groups excluding carboxylic acids is 2. The second-order valence-corrected chi connectivity index (χ2v) is 10.9. The Bertz CT molecular complexity index is 1220. The van der Waals surface area contributed by atoms with E-state index in [0.717, 1.165) is 35.0 Å². The van der Waals surface area contributed by atoms with E-state index >= 15 is 0 Å². The van der Waals surface area contributed by atoms with Crippen molar-refractivity contribution in [3.8, 4) is 0 Å². The molecule has 1 N–H and O–H groups in total. The third-order valence-corrected chi connectivity index (χ3v) is 8.32. The lowest BCUT2D eigenvalue weighted by Crippen LogP contribution is -2.66. The molecule has 32 heavy (non-hydrogen) atoms. The van der Waals surface area contributed by atoms with Gasteiger partial charge in [0.25, 0.3) is 5.91 Å². The maximum Gasteiger partial charge on any atom is 0.275 e. The third-order valence-electron chi connectivity index (χ3n) is 7.23. The summed E-state index contributed by atoms with van der Waals surface area (Å²) < 4.78 is 3.07. The second-order valence-electron chi connectivity index (χ2n) is 9.47. The Kier molecular flexibility index (Phi) is 5.33. The predicted octanol–water partition coefficient (Wildman–Crippen LogP) is 5.78. The molecular formula is C25H28ClN3O2S. The first-order valence-corrected chi connectivity index (χ1v) is 12.5. The Morgan fingerprint density at radius 1 is 1.22 bits per heavy atom. The number of anilines is 1. The average Bonchev–Trinajstić information content (AvgIpc) is 3.35. The van der Waals surface area contributed by atoms with Crippen molar-refractivity contribution in [1.29, 1.82) is 0 Å². The third kappa shape index (κ3) is 3.35. The van der Waals surface area contributed by atoms with Crippen molar-refractivity contribution in [3.05, 3.63) is 52.0 Å². The lowest BCUT2D eigenvalue weighted by molar-refractivity contribution is -0.127. The van der Waals surface area contributed by atoms with Crippen LogP contribution in [0.3, 0.4) is 0 Å². The first-order valence-electron chi connectivity index (χ1n) is 11.3. The zero-order valence-corrected chi connectivity index (χ0v) is 20.2. The zero-order chi connectivity index (χ0) is 22.6. The summed E-state index contributed by atoms with van der Waals surface area (Å²) in [6.45, 7) is 6.44. The van der Waals surface area contributed by atoms with Gasteiger partial charge in [0.2, 0.25) is 5.91 Å². The van der Waals surface area contributed by atoms with Gasteiger partial charge < -0.3 is 9.88 Å². The van der Waals surface area contributed by atoms with Gasteiger partial charge in [0.15, 0.2) is 0 Å². The molecule has 2 amide bonds. The highest BCUT2D eigenvalue weighted by molar-refractivity contribution is 7.17. The molecule has 5 rings (SSSR count). The highest BCUT2D eigenvalue weighted by atomic mass is 35.5. The number of halogens is 1. The second kappa shape index (κ2) is 7.92. The summed E-state index contributed by atoms with van der Waals surface area (Å²) in [6.07, 6.45) is 4.44. The lowest BCUT2D eigenvalue weighted by atomic mass is 9.84. The SMILES string of the molecule is Cc1ccc(Cl)cc1N1C(=O)c2cc3sccc3n2C[C@]1(C)C(=O)N[C@@H]1CCCC[C@H]1C. The van der Waals surface area contributed by atoms with Crippen LogP contribution in [0.4, 0.5) is 5.69 Å². The molecule has 5 nitrogen and oxygen atoms in total. The molecule has 1 aliphatic heterocycles. The molecule has 3 heterocycles. The Balaban J connectivity index is 1.62. The van der Waals surface area contributed by atoms with Crippen LogP contribution < -0.4 is 10.2 Å². The molecule has 1 aromatic carbocycles. The fourth-order valence-electron chi connectivity index (χ4n) is 5.27. The number of aromatic nitrogens is 1. The molecule has 168 valence electrons. The molecule has 2 aliphatic rings. The van der Waals surface area contributed by atoms with Crippen LogP contribution in [0, 0.1) is 12.8 Å².